The van der Waals surface area contributed by atoms with E-state index in [0.717, 1.165) is 38.7 Å². The van der Waals surface area contributed by atoms with Crippen molar-refractivity contribution in [1.82, 2.24) is 9.97 Å². The number of carbonyl (C=O) groups excluding carboxylic acids is 1. The molecule has 0 atom stereocenters. The van der Waals surface area contributed by atoms with E-state index in [1.807, 2.05) is 0 Å². The number of nitrogens with zero attached hydrogens (tertiary/aromatic N) is 2. The van der Waals surface area contributed by atoms with Gasteiger partial charge in [-0.1, -0.05) is 55.4 Å². The number of allylic oxidation sites excluding steroid dienone is 2. The molecule has 0 aliphatic heterocycles. The first kappa shape index (κ1) is 42.4. The summed E-state index contributed by atoms with van der Waals surface area (Å²) in [4.78, 5) is 21.5. The normalized spacial score (nSPS) is 13.2. The molecule has 0 spiro atoms. The molecule has 5 rings (SSSR count). The Morgan fingerprint density at radius 2 is 1.48 bits per heavy atom. The van der Waals surface area contributed by atoms with E-state index in [2.05, 4.69) is 158 Å². The second-order valence-corrected chi connectivity index (χ2v) is 29.5. The van der Waals surface area contributed by atoms with Crippen LogP contribution in [0, 0.1) is 47.0 Å². The summed E-state index contributed by atoms with van der Waals surface area (Å²) in [6.45, 7) is 23.4. The summed E-state index contributed by atoms with van der Waals surface area (Å²) in [6.07, 6.45) is 2.57. The van der Waals surface area contributed by atoms with E-state index in [0.29, 0.717) is 23.7 Å². The standard InChI is InChI=1S/C28H29GeN2S.C17H32O2.Ir/c1-28(2,3)16-18-11-12-22-24(13-18)32-27-25(30-17-31-26(22)27)20-14-19-9-7-8-10-21(19)23(15-20)29(4,5)6;1-10(2)16(11(3)4)14(18)9-15(19)17(12(5)6)13(7)8;/h7-13,15,17H,16H2,1-6H3;9-13,16-18H,1-8H3;/q-1;;/b;14-9-;/i17D;;. The third kappa shape index (κ3) is 10.6. The second-order valence-electron chi connectivity index (χ2n) is 17.9. The fourth-order valence-corrected chi connectivity index (χ4v) is 12.2. The van der Waals surface area contributed by atoms with Gasteiger partial charge in [0.2, 0.25) is 0 Å². The molecule has 0 aliphatic carbocycles. The van der Waals surface area contributed by atoms with Crippen LogP contribution in [0.4, 0.5) is 0 Å². The molecule has 283 valence electrons. The Hall–Kier alpha value is -2.38. The van der Waals surface area contributed by atoms with Crippen molar-refractivity contribution < 1.29 is 31.4 Å². The number of rotatable bonds is 10. The zero-order chi connectivity index (χ0) is 38.9. The van der Waals surface area contributed by atoms with Crippen LogP contribution >= 0.6 is 11.3 Å². The monoisotopic (exact) mass is 961 g/mol. The van der Waals surface area contributed by atoms with E-state index in [4.69, 9.17) is 1.37 Å². The van der Waals surface area contributed by atoms with Gasteiger partial charge in [-0.25, -0.2) is 0 Å². The summed E-state index contributed by atoms with van der Waals surface area (Å²) >= 11 is -0.429. The van der Waals surface area contributed by atoms with E-state index in [-0.39, 0.29) is 55.2 Å². The van der Waals surface area contributed by atoms with Crippen LogP contribution < -0.4 is 4.40 Å². The van der Waals surface area contributed by atoms with Crippen molar-refractivity contribution in [3.8, 4) is 11.3 Å². The first-order valence-corrected chi connectivity index (χ1v) is 26.8. The number of fused-ring (bicyclic) bond motifs is 4. The Bertz CT molecular complexity index is 2050. The van der Waals surface area contributed by atoms with Gasteiger partial charge in [-0.2, -0.15) is 0 Å². The summed E-state index contributed by atoms with van der Waals surface area (Å²) in [5.41, 5.74) is 4.27. The Morgan fingerprint density at radius 3 is 2.04 bits per heavy atom. The summed E-state index contributed by atoms with van der Waals surface area (Å²) in [7, 11) is 0. The third-order valence-corrected chi connectivity index (χ3v) is 15.1. The van der Waals surface area contributed by atoms with Crippen LogP contribution in [0.15, 0.2) is 66.7 Å². The van der Waals surface area contributed by atoms with Crippen molar-refractivity contribution in [1.29, 1.82) is 0 Å². The molecule has 4 nitrogen and oxygen atoms in total. The number of aliphatic hydroxyl groups is 1. The molecule has 52 heavy (non-hydrogen) atoms. The van der Waals surface area contributed by atoms with Crippen LogP contribution in [0.2, 0.25) is 17.3 Å². The predicted octanol–water partition coefficient (Wildman–Crippen LogP) is 12.4. The molecule has 1 radical (unpaired) electrons. The van der Waals surface area contributed by atoms with Crippen LogP contribution in [0.1, 0.15) is 83.1 Å². The summed E-state index contributed by atoms with van der Waals surface area (Å²) < 4.78 is 12.1. The molecule has 0 saturated heterocycles. The predicted molar refractivity (Wildman–Crippen MR) is 225 cm³/mol. The molecule has 0 amide bonds. The smallest absolute Gasteiger partial charge is 0 e. The minimum absolute atomic E-state index is 0. The van der Waals surface area contributed by atoms with Crippen molar-refractivity contribution in [2.24, 2.45) is 40.9 Å². The number of hydrogen-bond acceptors (Lipinski definition) is 5. The Kier molecular flexibility index (Phi) is 14.5. The van der Waals surface area contributed by atoms with Crippen molar-refractivity contribution in [3.05, 3.63) is 78.3 Å². The number of benzene rings is 3. The summed E-state index contributed by atoms with van der Waals surface area (Å²) in [5, 5.41) is 13.8. The van der Waals surface area contributed by atoms with E-state index in [9.17, 15) is 9.90 Å². The molecule has 1 N–H and O–H groups in total. The summed E-state index contributed by atoms with van der Waals surface area (Å²) in [5.74, 6) is 8.90. The van der Waals surface area contributed by atoms with Gasteiger partial charge in [-0.15, -0.1) is 0 Å². The SMILES string of the molecule is CC(C)C(C(=O)/C=C(\O)C(C(C)C)C(C)C)C(C)C.[2H]c1nc(-c2[c-]c3ccccc3[c]([Ge]([CH3])([CH3])[CH3])c2)c2sc3cc(CC(C)(C)C)ccc3c2n1.[Ir]. The molecule has 0 fully saturated rings. The van der Waals surface area contributed by atoms with Crippen LogP contribution in [0.5, 0.6) is 0 Å². The molecule has 3 aromatic carbocycles. The molecule has 2 heterocycles. The number of aliphatic hydroxyl groups excluding tert-OH is 1. The number of carbonyl (C=O) groups is 1. The number of thiophene rings is 1. The van der Waals surface area contributed by atoms with E-state index in [1.54, 1.807) is 11.3 Å². The van der Waals surface area contributed by atoms with Crippen LogP contribution in [-0.4, -0.2) is 34.1 Å². The van der Waals surface area contributed by atoms with Gasteiger partial charge in [-0.05, 0) is 23.7 Å². The molecule has 7 heteroatoms. The van der Waals surface area contributed by atoms with E-state index >= 15 is 0 Å². The molecule has 2 aromatic heterocycles. The van der Waals surface area contributed by atoms with Crippen molar-refractivity contribution in [3.63, 3.8) is 0 Å². The maximum Gasteiger partial charge on any atom is 0 e. The zero-order valence-electron chi connectivity index (χ0n) is 34.9. The van der Waals surface area contributed by atoms with Gasteiger partial charge in [0.05, 0.1) is 5.76 Å². The largest absolute Gasteiger partial charge is 0 e. The van der Waals surface area contributed by atoms with Crippen molar-refractivity contribution >= 4 is 65.9 Å². The van der Waals surface area contributed by atoms with Crippen LogP contribution in [0.25, 0.3) is 42.3 Å². The fraction of sp³-hybridized carbons (Fsp3) is 0.489. The Labute approximate surface area is 335 Å². The maximum atomic E-state index is 12.3. The van der Waals surface area contributed by atoms with Gasteiger partial charge in [0.1, 0.15) is 0 Å². The van der Waals surface area contributed by atoms with Crippen molar-refractivity contribution in [2.75, 3.05) is 0 Å². The Morgan fingerprint density at radius 1 is 0.885 bits per heavy atom. The average Bonchev–Trinajstić information content (AvgIpc) is 3.35. The minimum Gasteiger partial charge on any atom is 0 e. The van der Waals surface area contributed by atoms with Crippen molar-refractivity contribution in [2.45, 2.75) is 99.9 Å². The van der Waals surface area contributed by atoms with Crippen LogP contribution in [-0.2, 0) is 31.3 Å². The molecular weight excluding hydrogens is 897 g/mol. The van der Waals surface area contributed by atoms with Gasteiger partial charge in [0, 0.05) is 38.0 Å². The first-order valence-electron chi connectivity index (χ1n) is 19.2. The van der Waals surface area contributed by atoms with Gasteiger partial charge < -0.3 is 5.11 Å². The average molecular weight is 960 g/mol. The third-order valence-electron chi connectivity index (χ3n) is 9.67. The molecule has 0 bridgehead atoms. The minimum atomic E-state index is -2.17. The molecular formula is C45H61GeIrN2O2S-. The zero-order valence-corrected chi connectivity index (χ0v) is 39.2. The molecule has 0 unspecified atom stereocenters. The van der Waals surface area contributed by atoms with E-state index in [1.165, 1.54) is 26.1 Å². The fourth-order valence-electron chi connectivity index (χ4n) is 7.68. The van der Waals surface area contributed by atoms with Gasteiger partial charge in [0.15, 0.2) is 5.78 Å². The second kappa shape index (κ2) is 17.8. The topological polar surface area (TPSA) is 63.1 Å². The molecule has 0 saturated carbocycles. The number of hydrogen-bond donors (Lipinski definition) is 1. The summed E-state index contributed by atoms with van der Waals surface area (Å²) in [6, 6.07) is 21.1. The maximum absolute atomic E-state index is 12.3. The first-order chi connectivity index (χ1) is 24.1. The Balaban J connectivity index is 0.000000327. The molecule has 0 aliphatic rings. The van der Waals surface area contributed by atoms with Gasteiger partial charge >= 0.3 is 199 Å². The number of ketones is 1. The van der Waals surface area contributed by atoms with Crippen LogP contribution in [0.3, 0.4) is 0 Å². The van der Waals surface area contributed by atoms with Gasteiger partial charge in [-0.3, -0.25) is 4.79 Å². The number of aromatic nitrogens is 2. The van der Waals surface area contributed by atoms with E-state index < -0.39 is 13.3 Å². The quantitative estimate of drug-likeness (QED) is 0.0656. The molecule has 5 aromatic rings. The van der Waals surface area contributed by atoms with Gasteiger partial charge in [0.25, 0.3) is 0 Å².